The fourth-order valence-electron chi connectivity index (χ4n) is 4.44. The van der Waals surface area contributed by atoms with Crippen LogP contribution < -0.4 is 10.1 Å². The molecule has 33 heavy (non-hydrogen) atoms. The number of ether oxygens (including phenoxy) is 1. The quantitative estimate of drug-likeness (QED) is 0.460. The third-order valence-corrected chi connectivity index (χ3v) is 6.27. The predicted molar refractivity (Wildman–Crippen MR) is 132 cm³/mol. The van der Waals surface area contributed by atoms with Gasteiger partial charge in [-0.05, 0) is 68.7 Å². The largest absolute Gasteiger partial charge is 0.481 e. The Morgan fingerprint density at radius 1 is 1.30 bits per heavy atom. The first-order valence-corrected chi connectivity index (χ1v) is 11.7. The molecule has 0 fully saturated rings. The molecular formula is C26H33N5O2. The number of fused-ring (bicyclic) bond motifs is 2. The lowest BCUT2D eigenvalue weighted by molar-refractivity contribution is 0.0922. The van der Waals surface area contributed by atoms with E-state index in [1.165, 1.54) is 0 Å². The molecule has 3 aromatic heterocycles. The van der Waals surface area contributed by atoms with Gasteiger partial charge in [0.1, 0.15) is 5.82 Å². The Balaban J connectivity index is 1.56. The number of carbonyl (C=O) groups excluding carboxylic acids is 1. The zero-order valence-electron chi connectivity index (χ0n) is 20.0. The molecule has 3 aromatic rings. The van der Waals surface area contributed by atoms with Gasteiger partial charge < -0.3 is 15.0 Å². The van der Waals surface area contributed by atoms with Gasteiger partial charge in [-0.3, -0.25) is 4.79 Å². The summed E-state index contributed by atoms with van der Waals surface area (Å²) in [6.45, 7) is 7.01. The van der Waals surface area contributed by atoms with Crippen LogP contribution in [0.1, 0.15) is 54.6 Å². The Morgan fingerprint density at radius 2 is 2.15 bits per heavy atom. The summed E-state index contributed by atoms with van der Waals surface area (Å²) < 4.78 is 7.05. The van der Waals surface area contributed by atoms with E-state index < -0.39 is 0 Å². The summed E-state index contributed by atoms with van der Waals surface area (Å²) in [6.07, 6.45) is 8.82. The van der Waals surface area contributed by atoms with E-state index in [-0.39, 0.29) is 11.7 Å². The summed E-state index contributed by atoms with van der Waals surface area (Å²) in [6, 6.07) is 7.98. The number of rotatable bonds is 10. The highest BCUT2D eigenvalue weighted by atomic mass is 16.5. The van der Waals surface area contributed by atoms with Crippen molar-refractivity contribution in [2.45, 2.75) is 33.1 Å². The average molecular weight is 448 g/mol. The fraction of sp³-hybridized carbons (Fsp3) is 0.423. The maximum Gasteiger partial charge on any atom is 0.214 e. The second-order valence-electron chi connectivity index (χ2n) is 8.76. The molecule has 0 aromatic carbocycles. The number of pyridine rings is 2. The average Bonchev–Trinajstić information content (AvgIpc) is 3.26. The number of aromatic nitrogens is 3. The van der Waals surface area contributed by atoms with Gasteiger partial charge in [0, 0.05) is 30.3 Å². The van der Waals surface area contributed by atoms with Crippen LogP contribution in [0.3, 0.4) is 0 Å². The molecule has 0 amide bonds. The number of ketones is 1. The Labute approximate surface area is 195 Å². The van der Waals surface area contributed by atoms with E-state index >= 15 is 0 Å². The van der Waals surface area contributed by atoms with Crippen molar-refractivity contribution in [2.75, 3.05) is 39.1 Å². The van der Waals surface area contributed by atoms with Gasteiger partial charge in [0.2, 0.25) is 5.88 Å². The Hall–Kier alpha value is -3.19. The topological polar surface area (TPSA) is 71.8 Å². The van der Waals surface area contributed by atoms with Crippen molar-refractivity contribution in [1.82, 2.24) is 19.5 Å². The summed E-state index contributed by atoms with van der Waals surface area (Å²) in [5.74, 6) is 1.51. The standard InChI is InChI=1S/C26H33N5O2/c1-5-13-30(3)14-6-7-18(2)25(32)22-17-28-31-15-11-19(16-23(22)31)20-10-12-27-26-21(20)8-9-24(29-26)33-4/h8-11,15-18H,5-7,12-14H2,1-4H3,(H,27,29). The molecule has 0 saturated heterocycles. The molecule has 174 valence electrons. The minimum absolute atomic E-state index is 0.0350. The Morgan fingerprint density at radius 3 is 2.94 bits per heavy atom. The van der Waals surface area contributed by atoms with Crippen molar-refractivity contribution in [3.63, 3.8) is 0 Å². The van der Waals surface area contributed by atoms with E-state index in [4.69, 9.17) is 4.74 Å². The van der Waals surface area contributed by atoms with Crippen molar-refractivity contribution in [3.05, 3.63) is 59.4 Å². The number of carbonyl (C=O) groups is 1. The van der Waals surface area contributed by atoms with E-state index in [0.717, 1.165) is 60.4 Å². The van der Waals surface area contributed by atoms with Gasteiger partial charge >= 0.3 is 0 Å². The van der Waals surface area contributed by atoms with E-state index in [9.17, 15) is 4.79 Å². The van der Waals surface area contributed by atoms with Crippen LogP contribution >= 0.6 is 0 Å². The number of hydrogen-bond acceptors (Lipinski definition) is 6. The van der Waals surface area contributed by atoms with Gasteiger partial charge in [0.25, 0.3) is 0 Å². The van der Waals surface area contributed by atoms with Gasteiger partial charge in [-0.2, -0.15) is 10.1 Å². The maximum absolute atomic E-state index is 13.3. The second-order valence-corrected chi connectivity index (χ2v) is 8.76. The van der Waals surface area contributed by atoms with Gasteiger partial charge in [0.05, 0.1) is 24.4 Å². The normalized spacial score (nSPS) is 14.0. The van der Waals surface area contributed by atoms with Gasteiger partial charge in [-0.25, -0.2) is 4.52 Å². The van der Waals surface area contributed by atoms with Gasteiger partial charge in [-0.1, -0.05) is 19.9 Å². The SMILES string of the molecule is CCCN(C)CCCC(C)C(=O)c1cnn2ccc(C3=CCNc4nc(OC)ccc43)cc12. The highest BCUT2D eigenvalue weighted by Gasteiger charge is 2.21. The van der Waals surface area contributed by atoms with Crippen molar-refractivity contribution in [2.24, 2.45) is 5.92 Å². The van der Waals surface area contributed by atoms with Crippen molar-refractivity contribution in [3.8, 4) is 5.88 Å². The van der Waals surface area contributed by atoms with Crippen LogP contribution in [-0.4, -0.2) is 59.1 Å². The molecule has 7 heteroatoms. The number of nitrogens with one attached hydrogen (secondary N) is 1. The van der Waals surface area contributed by atoms with E-state index in [1.54, 1.807) is 17.8 Å². The lowest BCUT2D eigenvalue weighted by Crippen LogP contribution is -2.21. The molecule has 1 aliphatic rings. The molecule has 0 saturated carbocycles. The molecule has 1 unspecified atom stereocenters. The van der Waals surface area contributed by atoms with Crippen LogP contribution in [0.15, 0.2) is 42.7 Å². The molecule has 1 aliphatic heterocycles. The van der Waals surface area contributed by atoms with Crippen LogP contribution in [0.25, 0.3) is 11.1 Å². The smallest absolute Gasteiger partial charge is 0.214 e. The molecule has 1 atom stereocenters. The highest BCUT2D eigenvalue weighted by molar-refractivity contribution is 6.04. The van der Waals surface area contributed by atoms with E-state index in [0.29, 0.717) is 18.0 Å². The van der Waals surface area contributed by atoms with E-state index in [2.05, 4.69) is 46.4 Å². The lowest BCUT2D eigenvalue weighted by Gasteiger charge is -2.19. The molecule has 4 rings (SSSR count). The first kappa shape index (κ1) is 23.0. The van der Waals surface area contributed by atoms with Crippen molar-refractivity contribution < 1.29 is 9.53 Å². The number of methoxy groups -OCH3 is 1. The van der Waals surface area contributed by atoms with Crippen LogP contribution in [-0.2, 0) is 0 Å². The van der Waals surface area contributed by atoms with Crippen LogP contribution in [0.4, 0.5) is 5.82 Å². The maximum atomic E-state index is 13.3. The molecule has 0 spiro atoms. The number of Topliss-reactive ketones (excluding diaryl/α,β-unsaturated/α-hetero) is 1. The minimum Gasteiger partial charge on any atom is -0.481 e. The predicted octanol–water partition coefficient (Wildman–Crippen LogP) is 4.54. The Kier molecular flexibility index (Phi) is 7.08. The molecule has 4 heterocycles. The Bertz CT molecular complexity index is 1170. The van der Waals surface area contributed by atoms with Crippen molar-refractivity contribution in [1.29, 1.82) is 0 Å². The summed E-state index contributed by atoms with van der Waals surface area (Å²) in [5, 5.41) is 7.74. The van der Waals surface area contributed by atoms with Gasteiger partial charge in [-0.15, -0.1) is 0 Å². The van der Waals surface area contributed by atoms with Crippen LogP contribution in [0.2, 0.25) is 0 Å². The molecular weight excluding hydrogens is 414 g/mol. The minimum atomic E-state index is -0.0350. The molecule has 7 nitrogen and oxygen atoms in total. The summed E-state index contributed by atoms with van der Waals surface area (Å²) in [7, 11) is 3.76. The number of anilines is 1. The van der Waals surface area contributed by atoms with Crippen LogP contribution in [0.5, 0.6) is 5.88 Å². The van der Waals surface area contributed by atoms with Crippen LogP contribution in [0, 0.1) is 5.92 Å². The number of nitrogens with zero attached hydrogens (tertiary/aromatic N) is 4. The molecule has 1 N–H and O–H groups in total. The first-order chi connectivity index (χ1) is 16.0. The van der Waals surface area contributed by atoms with Gasteiger partial charge in [0.15, 0.2) is 5.78 Å². The fourth-order valence-corrected chi connectivity index (χ4v) is 4.44. The molecule has 0 radical (unpaired) electrons. The monoisotopic (exact) mass is 447 g/mol. The van der Waals surface area contributed by atoms with Crippen molar-refractivity contribution >= 4 is 22.7 Å². The molecule has 0 bridgehead atoms. The summed E-state index contributed by atoms with van der Waals surface area (Å²) in [4.78, 5) is 20.1. The summed E-state index contributed by atoms with van der Waals surface area (Å²) >= 11 is 0. The molecule has 0 aliphatic carbocycles. The van der Waals surface area contributed by atoms with E-state index in [1.807, 2.05) is 31.3 Å². The second kappa shape index (κ2) is 10.2. The lowest BCUT2D eigenvalue weighted by atomic mass is 9.93. The number of hydrogen-bond donors (Lipinski definition) is 1. The zero-order valence-corrected chi connectivity index (χ0v) is 20.0. The highest BCUT2D eigenvalue weighted by Crippen LogP contribution is 2.33. The third-order valence-electron chi connectivity index (χ3n) is 6.27. The zero-order chi connectivity index (χ0) is 23.4. The first-order valence-electron chi connectivity index (χ1n) is 11.7. The summed E-state index contributed by atoms with van der Waals surface area (Å²) in [5.41, 5.74) is 4.68. The third kappa shape index (κ3) is 4.93.